The van der Waals surface area contributed by atoms with Crippen molar-refractivity contribution in [2.75, 3.05) is 0 Å². The van der Waals surface area contributed by atoms with Gasteiger partial charge in [0.15, 0.2) is 0 Å². The van der Waals surface area contributed by atoms with E-state index in [1.807, 2.05) is 12.1 Å². The summed E-state index contributed by atoms with van der Waals surface area (Å²) < 4.78 is 0. The van der Waals surface area contributed by atoms with Gasteiger partial charge in [-0.05, 0) is 47.0 Å². The van der Waals surface area contributed by atoms with Crippen molar-refractivity contribution in [3.05, 3.63) is 105 Å². The largest absolute Gasteiger partial charge is 0.481 e. The predicted octanol–water partition coefficient (Wildman–Crippen LogP) is 5.56. The third kappa shape index (κ3) is 3.74. The number of amides is 1. The molecule has 3 aromatic rings. The second-order valence-corrected chi connectivity index (χ2v) is 7.83. The fourth-order valence-electron chi connectivity index (χ4n) is 3.85. The molecule has 1 aliphatic heterocycles. The van der Waals surface area contributed by atoms with Crippen LogP contribution in [0, 0.1) is 0 Å². The predicted molar refractivity (Wildman–Crippen MR) is 112 cm³/mol. The van der Waals surface area contributed by atoms with E-state index in [1.165, 1.54) is 0 Å². The summed E-state index contributed by atoms with van der Waals surface area (Å²) in [4.78, 5) is 27.3. The molecule has 0 radical (unpaired) electrons. The summed E-state index contributed by atoms with van der Waals surface area (Å²) in [6.07, 6.45) is 0. The van der Waals surface area contributed by atoms with Gasteiger partial charge in [0.05, 0.1) is 6.04 Å². The first-order valence-corrected chi connectivity index (χ1v) is 9.84. The van der Waals surface area contributed by atoms with Crippen LogP contribution in [-0.4, -0.2) is 21.9 Å². The molecule has 1 N–H and O–H groups in total. The van der Waals surface area contributed by atoms with Crippen molar-refractivity contribution >= 4 is 35.1 Å². The summed E-state index contributed by atoms with van der Waals surface area (Å²) in [7, 11) is 0. The molecule has 2 atom stereocenters. The van der Waals surface area contributed by atoms with Gasteiger partial charge >= 0.3 is 5.97 Å². The van der Waals surface area contributed by atoms with Crippen LogP contribution in [0.15, 0.2) is 72.8 Å². The minimum Gasteiger partial charge on any atom is -0.481 e. The highest BCUT2D eigenvalue weighted by molar-refractivity contribution is 6.30. The Labute approximate surface area is 178 Å². The summed E-state index contributed by atoms with van der Waals surface area (Å²) >= 11 is 12.0. The van der Waals surface area contributed by atoms with Crippen molar-refractivity contribution in [3.8, 4) is 0 Å². The summed E-state index contributed by atoms with van der Waals surface area (Å²) in [5.74, 6) is -2.07. The molecule has 4 nitrogen and oxygen atoms in total. The van der Waals surface area contributed by atoms with Gasteiger partial charge in [0.1, 0.15) is 5.92 Å². The van der Waals surface area contributed by atoms with E-state index in [-0.39, 0.29) is 12.5 Å². The van der Waals surface area contributed by atoms with E-state index in [0.717, 1.165) is 11.1 Å². The molecule has 0 saturated heterocycles. The molecule has 6 heteroatoms. The lowest BCUT2D eigenvalue weighted by molar-refractivity contribution is -0.140. The van der Waals surface area contributed by atoms with E-state index in [0.29, 0.717) is 21.2 Å². The highest BCUT2D eigenvalue weighted by Crippen LogP contribution is 2.43. The molecule has 0 spiro atoms. The van der Waals surface area contributed by atoms with Crippen LogP contribution in [-0.2, 0) is 11.3 Å². The van der Waals surface area contributed by atoms with Gasteiger partial charge in [-0.25, -0.2) is 0 Å². The molecule has 0 bridgehead atoms. The van der Waals surface area contributed by atoms with Crippen LogP contribution >= 0.6 is 23.2 Å². The molecule has 4 rings (SSSR count). The Morgan fingerprint density at radius 1 is 0.897 bits per heavy atom. The number of carbonyl (C=O) groups is 2. The van der Waals surface area contributed by atoms with Crippen molar-refractivity contribution in [3.63, 3.8) is 0 Å². The molecular weight excluding hydrogens is 409 g/mol. The fourth-order valence-corrected chi connectivity index (χ4v) is 4.10. The molecule has 146 valence electrons. The molecule has 0 aromatic heterocycles. The smallest absolute Gasteiger partial charge is 0.313 e. The SMILES string of the molecule is O=C(O)[C@@H]1c2ccccc2C(=O)N(Cc2ccc(Cl)cc2)[C@@H]1c1ccc(Cl)cc1. The van der Waals surface area contributed by atoms with Crippen LogP contribution in [0.1, 0.15) is 39.0 Å². The number of hydrogen-bond donors (Lipinski definition) is 1. The first-order chi connectivity index (χ1) is 14.0. The molecule has 0 unspecified atom stereocenters. The zero-order valence-electron chi connectivity index (χ0n) is 15.3. The lowest BCUT2D eigenvalue weighted by Crippen LogP contribution is -2.44. The lowest BCUT2D eigenvalue weighted by Gasteiger charge is -2.41. The monoisotopic (exact) mass is 425 g/mol. The van der Waals surface area contributed by atoms with E-state index < -0.39 is 17.9 Å². The number of halogens is 2. The van der Waals surface area contributed by atoms with Gasteiger partial charge in [-0.1, -0.05) is 65.7 Å². The maximum Gasteiger partial charge on any atom is 0.313 e. The second kappa shape index (κ2) is 7.90. The number of carbonyl (C=O) groups excluding carboxylic acids is 1. The third-order valence-corrected chi connectivity index (χ3v) is 5.69. The summed E-state index contributed by atoms with van der Waals surface area (Å²) in [6, 6.07) is 20.4. The number of carboxylic acid groups (broad SMARTS) is 1. The minimum atomic E-state index is -0.981. The van der Waals surface area contributed by atoms with Crippen LogP contribution in [0.4, 0.5) is 0 Å². The average Bonchev–Trinajstić information content (AvgIpc) is 2.72. The van der Waals surface area contributed by atoms with E-state index in [4.69, 9.17) is 23.2 Å². The maximum absolute atomic E-state index is 13.4. The molecule has 0 aliphatic carbocycles. The molecule has 1 amide bonds. The number of fused-ring (bicyclic) bond motifs is 1. The van der Waals surface area contributed by atoms with Gasteiger partial charge in [0.2, 0.25) is 0 Å². The van der Waals surface area contributed by atoms with E-state index in [1.54, 1.807) is 65.6 Å². The molecule has 1 heterocycles. The number of nitrogens with zero attached hydrogens (tertiary/aromatic N) is 1. The van der Waals surface area contributed by atoms with E-state index >= 15 is 0 Å². The Hall–Kier alpha value is -2.82. The summed E-state index contributed by atoms with van der Waals surface area (Å²) in [6.45, 7) is 0.265. The van der Waals surface area contributed by atoms with Crippen LogP contribution in [0.3, 0.4) is 0 Å². The highest BCUT2D eigenvalue weighted by atomic mass is 35.5. The van der Waals surface area contributed by atoms with Crippen molar-refractivity contribution in [2.45, 2.75) is 18.5 Å². The fraction of sp³-hybridized carbons (Fsp3) is 0.130. The van der Waals surface area contributed by atoms with E-state index in [9.17, 15) is 14.7 Å². The van der Waals surface area contributed by atoms with Gasteiger partial charge in [0, 0.05) is 22.2 Å². The van der Waals surface area contributed by atoms with Gasteiger partial charge in [0.25, 0.3) is 5.91 Å². The zero-order valence-corrected chi connectivity index (χ0v) is 16.8. The van der Waals surface area contributed by atoms with Gasteiger partial charge < -0.3 is 10.0 Å². The topological polar surface area (TPSA) is 57.6 Å². The van der Waals surface area contributed by atoms with Crippen LogP contribution in [0.2, 0.25) is 10.0 Å². The average molecular weight is 426 g/mol. The Morgan fingerprint density at radius 3 is 2.10 bits per heavy atom. The Bertz CT molecular complexity index is 1060. The molecule has 1 aliphatic rings. The number of aliphatic carboxylic acids is 1. The first kappa shape index (κ1) is 19.5. The van der Waals surface area contributed by atoms with Crippen molar-refractivity contribution in [2.24, 2.45) is 0 Å². The number of carboxylic acids is 1. The molecule has 29 heavy (non-hydrogen) atoms. The number of benzene rings is 3. The van der Waals surface area contributed by atoms with Gasteiger partial charge in [-0.2, -0.15) is 0 Å². The van der Waals surface area contributed by atoms with E-state index in [2.05, 4.69) is 0 Å². The standard InChI is InChI=1S/C23H17Cl2NO3/c24-16-9-5-14(6-10-16)13-26-21(15-7-11-17(25)12-8-15)20(23(28)29)18-3-1-2-4-19(18)22(26)27/h1-12,20-21H,13H2,(H,28,29)/t20-,21-/m1/s1. The van der Waals surface area contributed by atoms with Crippen molar-refractivity contribution < 1.29 is 14.7 Å². The van der Waals surface area contributed by atoms with Gasteiger partial charge in [-0.3, -0.25) is 9.59 Å². The summed E-state index contributed by atoms with van der Waals surface area (Å²) in [5.41, 5.74) is 2.53. The summed E-state index contributed by atoms with van der Waals surface area (Å²) in [5, 5.41) is 11.2. The second-order valence-electron chi connectivity index (χ2n) is 6.96. The zero-order chi connectivity index (χ0) is 20.5. The highest BCUT2D eigenvalue weighted by Gasteiger charge is 2.44. The third-order valence-electron chi connectivity index (χ3n) is 5.18. The molecule has 3 aromatic carbocycles. The Kier molecular flexibility index (Phi) is 5.31. The maximum atomic E-state index is 13.4. The number of rotatable bonds is 4. The normalized spacial score (nSPS) is 18.4. The van der Waals surface area contributed by atoms with Crippen LogP contribution < -0.4 is 0 Å². The molecular formula is C23H17Cl2NO3. The van der Waals surface area contributed by atoms with Crippen LogP contribution in [0.5, 0.6) is 0 Å². The van der Waals surface area contributed by atoms with Crippen molar-refractivity contribution in [1.29, 1.82) is 0 Å². The van der Waals surface area contributed by atoms with Crippen LogP contribution in [0.25, 0.3) is 0 Å². The molecule has 0 saturated carbocycles. The van der Waals surface area contributed by atoms with Gasteiger partial charge in [-0.15, -0.1) is 0 Å². The lowest BCUT2D eigenvalue weighted by atomic mass is 9.79. The quantitative estimate of drug-likeness (QED) is 0.595. The Morgan fingerprint density at radius 2 is 1.48 bits per heavy atom. The minimum absolute atomic E-state index is 0.201. The first-order valence-electron chi connectivity index (χ1n) is 9.08. The Balaban J connectivity index is 1.87. The number of hydrogen-bond acceptors (Lipinski definition) is 2. The van der Waals surface area contributed by atoms with Crippen molar-refractivity contribution in [1.82, 2.24) is 4.90 Å². The molecule has 0 fully saturated rings.